The highest BCUT2D eigenvalue weighted by atomic mass is 32.1. The summed E-state index contributed by atoms with van der Waals surface area (Å²) in [5, 5.41) is 7.31. The van der Waals surface area contributed by atoms with Gasteiger partial charge in [0.2, 0.25) is 0 Å². The standard InChI is InChI=1S/C15H17N3OS/c1-9-14(20-10(2)18-9)8-17-15(19)12-3-4-13-11(7-12)5-6-16-13/h3-4,7,16H,5-6,8H2,1-2H3,(H,17,19). The van der Waals surface area contributed by atoms with Gasteiger partial charge in [-0.15, -0.1) is 11.3 Å². The molecule has 1 aromatic heterocycles. The molecule has 1 amide bonds. The van der Waals surface area contributed by atoms with Crippen LogP contribution in [0.4, 0.5) is 5.69 Å². The normalized spacial score (nSPS) is 12.9. The average Bonchev–Trinajstić information content (AvgIpc) is 3.01. The minimum Gasteiger partial charge on any atom is -0.384 e. The second-order valence-corrected chi connectivity index (χ2v) is 6.26. The Labute approximate surface area is 122 Å². The first-order valence-electron chi connectivity index (χ1n) is 6.71. The maximum Gasteiger partial charge on any atom is 0.251 e. The largest absolute Gasteiger partial charge is 0.384 e. The summed E-state index contributed by atoms with van der Waals surface area (Å²) in [5.41, 5.74) is 4.11. The number of hydrogen-bond donors (Lipinski definition) is 2. The van der Waals surface area contributed by atoms with Gasteiger partial charge in [-0.3, -0.25) is 4.79 Å². The van der Waals surface area contributed by atoms with E-state index in [-0.39, 0.29) is 5.91 Å². The third-order valence-corrected chi connectivity index (χ3v) is 4.56. The number of hydrogen-bond acceptors (Lipinski definition) is 4. The number of aromatic nitrogens is 1. The van der Waals surface area contributed by atoms with Crippen molar-refractivity contribution in [3.05, 3.63) is 44.9 Å². The molecule has 1 aliphatic heterocycles. The van der Waals surface area contributed by atoms with Crippen molar-refractivity contribution in [1.29, 1.82) is 0 Å². The minimum atomic E-state index is -0.0230. The van der Waals surface area contributed by atoms with E-state index >= 15 is 0 Å². The second kappa shape index (κ2) is 5.25. The highest BCUT2D eigenvalue weighted by Gasteiger charge is 2.14. The van der Waals surface area contributed by atoms with Crippen molar-refractivity contribution in [1.82, 2.24) is 10.3 Å². The second-order valence-electron chi connectivity index (χ2n) is 4.97. The molecule has 0 fully saturated rings. The summed E-state index contributed by atoms with van der Waals surface area (Å²) in [6.07, 6.45) is 0.990. The SMILES string of the molecule is Cc1nc(C)c(CNC(=O)c2ccc3c(c2)CCN3)s1. The van der Waals surface area contributed by atoms with Crippen molar-refractivity contribution >= 4 is 22.9 Å². The van der Waals surface area contributed by atoms with Gasteiger partial charge in [0, 0.05) is 22.7 Å². The van der Waals surface area contributed by atoms with Crippen molar-refractivity contribution in [2.24, 2.45) is 0 Å². The van der Waals surface area contributed by atoms with Gasteiger partial charge in [-0.05, 0) is 44.0 Å². The molecule has 4 nitrogen and oxygen atoms in total. The highest BCUT2D eigenvalue weighted by molar-refractivity contribution is 7.11. The molecule has 1 aliphatic rings. The number of anilines is 1. The van der Waals surface area contributed by atoms with E-state index in [4.69, 9.17) is 0 Å². The van der Waals surface area contributed by atoms with Crippen molar-refractivity contribution in [2.75, 3.05) is 11.9 Å². The number of amides is 1. The van der Waals surface area contributed by atoms with Crippen molar-refractivity contribution in [3.63, 3.8) is 0 Å². The van der Waals surface area contributed by atoms with Gasteiger partial charge in [0.25, 0.3) is 5.91 Å². The Morgan fingerprint density at radius 3 is 3.05 bits per heavy atom. The molecule has 5 heteroatoms. The van der Waals surface area contributed by atoms with Crippen LogP contribution in [-0.4, -0.2) is 17.4 Å². The predicted octanol–water partition coefficient (Wildman–Crippen LogP) is 2.66. The van der Waals surface area contributed by atoms with Crippen LogP contribution in [0.25, 0.3) is 0 Å². The van der Waals surface area contributed by atoms with Crippen molar-refractivity contribution in [2.45, 2.75) is 26.8 Å². The molecule has 2 aromatic rings. The zero-order valence-corrected chi connectivity index (χ0v) is 12.4. The first-order chi connectivity index (χ1) is 9.63. The summed E-state index contributed by atoms with van der Waals surface area (Å²) in [6, 6.07) is 5.84. The molecule has 2 heterocycles. The molecule has 0 spiro atoms. The number of benzene rings is 1. The number of aryl methyl sites for hydroxylation is 2. The topological polar surface area (TPSA) is 54.0 Å². The Kier molecular flexibility index (Phi) is 3.44. The Hall–Kier alpha value is -1.88. The molecule has 0 radical (unpaired) electrons. The van der Waals surface area contributed by atoms with Gasteiger partial charge in [0.15, 0.2) is 0 Å². The summed E-state index contributed by atoms with van der Waals surface area (Å²) >= 11 is 1.64. The zero-order valence-electron chi connectivity index (χ0n) is 11.6. The van der Waals surface area contributed by atoms with Crippen molar-refractivity contribution < 1.29 is 4.79 Å². The molecule has 0 saturated carbocycles. The molecular weight excluding hydrogens is 270 g/mol. The first-order valence-corrected chi connectivity index (χ1v) is 7.53. The van der Waals surface area contributed by atoms with Gasteiger partial charge in [-0.2, -0.15) is 0 Å². The lowest BCUT2D eigenvalue weighted by Crippen LogP contribution is -2.22. The van der Waals surface area contributed by atoms with Gasteiger partial charge in [-0.1, -0.05) is 0 Å². The molecular formula is C15H17N3OS. The summed E-state index contributed by atoms with van der Waals surface area (Å²) in [5.74, 6) is -0.0230. The smallest absolute Gasteiger partial charge is 0.251 e. The van der Waals surface area contributed by atoms with Gasteiger partial charge in [-0.25, -0.2) is 4.98 Å². The van der Waals surface area contributed by atoms with Crippen LogP contribution in [0, 0.1) is 13.8 Å². The van der Waals surface area contributed by atoms with E-state index in [1.54, 1.807) is 11.3 Å². The average molecular weight is 287 g/mol. The van der Waals surface area contributed by atoms with E-state index < -0.39 is 0 Å². The number of thiazole rings is 1. The van der Waals surface area contributed by atoms with Crippen molar-refractivity contribution in [3.8, 4) is 0 Å². The Morgan fingerprint density at radius 1 is 1.45 bits per heavy atom. The maximum absolute atomic E-state index is 12.2. The summed E-state index contributed by atoms with van der Waals surface area (Å²) < 4.78 is 0. The number of carbonyl (C=O) groups excluding carboxylic acids is 1. The van der Waals surface area contributed by atoms with Crippen LogP contribution in [0.1, 0.15) is 31.5 Å². The van der Waals surface area contributed by atoms with Crippen LogP contribution < -0.4 is 10.6 Å². The first kappa shape index (κ1) is 13.1. The molecule has 0 bridgehead atoms. The summed E-state index contributed by atoms with van der Waals surface area (Å²) in [7, 11) is 0. The zero-order chi connectivity index (χ0) is 14.1. The van der Waals surface area contributed by atoms with E-state index in [0.717, 1.165) is 39.8 Å². The quantitative estimate of drug-likeness (QED) is 0.912. The molecule has 3 rings (SSSR count). The van der Waals surface area contributed by atoms with E-state index in [2.05, 4.69) is 15.6 Å². The van der Waals surface area contributed by atoms with Gasteiger partial charge in [0.1, 0.15) is 0 Å². The fourth-order valence-corrected chi connectivity index (χ4v) is 3.32. The van der Waals surface area contributed by atoms with Crippen LogP contribution in [0.2, 0.25) is 0 Å². The van der Waals surface area contributed by atoms with Gasteiger partial charge < -0.3 is 10.6 Å². The van der Waals surface area contributed by atoms with E-state index in [9.17, 15) is 4.79 Å². The van der Waals surface area contributed by atoms with Gasteiger partial charge in [0.05, 0.1) is 17.2 Å². The third kappa shape index (κ3) is 2.54. The van der Waals surface area contributed by atoms with E-state index in [1.807, 2.05) is 32.0 Å². The minimum absolute atomic E-state index is 0.0230. The molecule has 0 saturated heterocycles. The van der Waals surface area contributed by atoms with E-state index in [1.165, 1.54) is 5.56 Å². The molecule has 20 heavy (non-hydrogen) atoms. The lowest BCUT2D eigenvalue weighted by molar-refractivity contribution is 0.0951. The monoisotopic (exact) mass is 287 g/mol. The number of fused-ring (bicyclic) bond motifs is 1. The molecule has 2 N–H and O–H groups in total. The van der Waals surface area contributed by atoms with Crippen LogP contribution in [0.15, 0.2) is 18.2 Å². The van der Waals surface area contributed by atoms with E-state index in [0.29, 0.717) is 6.54 Å². The fourth-order valence-electron chi connectivity index (χ4n) is 2.45. The highest BCUT2D eigenvalue weighted by Crippen LogP contribution is 2.23. The van der Waals surface area contributed by atoms with Crippen LogP contribution in [-0.2, 0) is 13.0 Å². The number of carbonyl (C=O) groups is 1. The lowest BCUT2D eigenvalue weighted by Gasteiger charge is -2.06. The maximum atomic E-state index is 12.2. The fraction of sp³-hybridized carbons (Fsp3) is 0.333. The number of rotatable bonds is 3. The molecule has 104 valence electrons. The lowest BCUT2D eigenvalue weighted by atomic mass is 10.1. The van der Waals surface area contributed by atoms with Gasteiger partial charge >= 0.3 is 0 Å². The summed E-state index contributed by atoms with van der Waals surface area (Å²) in [6.45, 7) is 5.47. The Balaban J connectivity index is 1.69. The molecule has 0 unspecified atom stereocenters. The molecule has 0 aliphatic carbocycles. The predicted molar refractivity (Wildman–Crippen MR) is 81.4 cm³/mol. The summed E-state index contributed by atoms with van der Waals surface area (Å²) in [4.78, 5) is 17.7. The van der Waals surface area contributed by atoms with Crippen LogP contribution in [0.3, 0.4) is 0 Å². The molecule has 0 atom stereocenters. The Morgan fingerprint density at radius 2 is 2.30 bits per heavy atom. The Bertz CT molecular complexity index is 663. The third-order valence-electron chi connectivity index (χ3n) is 3.49. The van der Waals surface area contributed by atoms with Crippen LogP contribution in [0.5, 0.6) is 0 Å². The number of nitrogens with zero attached hydrogens (tertiary/aromatic N) is 1. The molecule has 1 aromatic carbocycles. The van der Waals surface area contributed by atoms with Crippen LogP contribution >= 0.6 is 11.3 Å². The number of nitrogens with one attached hydrogen (secondary N) is 2.